The van der Waals surface area contributed by atoms with Crippen molar-refractivity contribution in [2.24, 2.45) is 0 Å². The second-order valence-electron chi connectivity index (χ2n) is 8.53. The fourth-order valence-electron chi connectivity index (χ4n) is 4.60. The lowest BCUT2D eigenvalue weighted by Gasteiger charge is -2.40. The first-order valence-corrected chi connectivity index (χ1v) is 12.8. The Hall–Kier alpha value is -2.01. The number of piperidine rings is 1. The Bertz CT molecular complexity index is 896. The molecule has 0 aromatic heterocycles. The van der Waals surface area contributed by atoms with Gasteiger partial charge in [-0.3, -0.25) is 14.5 Å². The lowest BCUT2D eigenvalue weighted by molar-refractivity contribution is -0.143. The molecule has 3 fully saturated rings. The zero-order chi connectivity index (χ0) is 22.6. The van der Waals surface area contributed by atoms with E-state index < -0.39 is 16.1 Å². The molecule has 3 aliphatic rings. The molecule has 10 heteroatoms. The number of morpholine rings is 1. The first-order chi connectivity index (χ1) is 15.5. The van der Waals surface area contributed by atoms with E-state index in [2.05, 4.69) is 4.90 Å². The van der Waals surface area contributed by atoms with Crippen molar-refractivity contribution in [3.05, 3.63) is 30.3 Å². The van der Waals surface area contributed by atoms with Gasteiger partial charge in [0, 0.05) is 45.8 Å². The zero-order valence-corrected chi connectivity index (χ0v) is 19.2. The summed E-state index contributed by atoms with van der Waals surface area (Å²) in [6.45, 7) is 5.38. The molecule has 0 radical (unpaired) electrons. The van der Waals surface area contributed by atoms with E-state index in [0.29, 0.717) is 58.9 Å². The third kappa shape index (κ3) is 5.14. The van der Waals surface area contributed by atoms with Crippen LogP contribution < -0.4 is 0 Å². The van der Waals surface area contributed by atoms with Crippen LogP contribution >= 0.6 is 0 Å². The molecule has 3 aliphatic heterocycles. The summed E-state index contributed by atoms with van der Waals surface area (Å²) in [5.41, 5.74) is 0. The van der Waals surface area contributed by atoms with Crippen LogP contribution in [-0.4, -0.2) is 111 Å². The average Bonchev–Trinajstić information content (AvgIpc) is 2.85. The molecule has 1 atom stereocenters. The van der Waals surface area contributed by atoms with Crippen LogP contribution in [0.5, 0.6) is 0 Å². The number of hydrogen-bond acceptors (Lipinski definition) is 6. The summed E-state index contributed by atoms with van der Waals surface area (Å²) < 4.78 is 33.1. The number of hydrogen-bond donors (Lipinski definition) is 0. The topological polar surface area (TPSA) is 90.5 Å². The largest absolute Gasteiger partial charge is 0.379 e. The number of carbonyl (C=O) groups is 2. The van der Waals surface area contributed by atoms with Crippen LogP contribution in [0.3, 0.4) is 0 Å². The van der Waals surface area contributed by atoms with E-state index in [1.54, 1.807) is 40.1 Å². The van der Waals surface area contributed by atoms with Crippen LogP contribution in [0.25, 0.3) is 0 Å². The molecule has 1 aromatic carbocycles. The number of amides is 2. The molecule has 0 spiro atoms. The Kier molecular flexibility index (Phi) is 7.44. The number of benzene rings is 1. The summed E-state index contributed by atoms with van der Waals surface area (Å²) in [4.78, 5) is 31.8. The van der Waals surface area contributed by atoms with E-state index in [4.69, 9.17) is 4.74 Å². The van der Waals surface area contributed by atoms with Gasteiger partial charge in [-0.2, -0.15) is 4.31 Å². The summed E-state index contributed by atoms with van der Waals surface area (Å²) in [6.07, 6.45) is 2.11. The molecule has 4 rings (SSSR count). The molecular weight excluding hydrogens is 432 g/mol. The fourth-order valence-corrected chi connectivity index (χ4v) is 6.28. The standard InChI is InChI=1S/C22H32N4O5S/c27-21(18-23-14-16-31-17-15-23)24-10-12-25(13-11-24)22(28)20-8-4-5-9-26(20)32(29,30)19-6-2-1-3-7-19/h1-3,6-7,20H,4-5,8-18H2. The Balaban J connectivity index is 1.36. The SMILES string of the molecule is O=C(CN1CCOCC1)N1CCN(C(=O)C2CCCCN2S(=O)(=O)c2ccccc2)CC1. The minimum atomic E-state index is -3.73. The first kappa shape index (κ1) is 23.2. The number of sulfonamides is 1. The molecule has 0 aliphatic carbocycles. The van der Waals surface area contributed by atoms with E-state index in [1.807, 2.05) is 0 Å². The van der Waals surface area contributed by atoms with Crippen molar-refractivity contribution in [3.63, 3.8) is 0 Å². The van der Waals surface area contributed by atoms with E-state index in [9.17, 15) is 18.0 Å². The molecule has 3 heterocycles. The normalized spacial score (nSPS) is 23.8. The number of nitrogens with zero attached hydrogens (tertiary/aromatic N) is 4. The van der Waals surface area contributed by atoms with Gasteiger partial charge in [0.15, 0.2) is 0 Å². The smallest absolute Gasteiger partial charge is 0.243 e. The van der Waals surface area contributed by atoms with Crippen LogP contribution in [0, 0.1) is 0 Å². The van der Waals surface area contributed by atoms with Gasteiger partial charge >= 0.3 is 0 Å². The maximum Gasteiger partial charge on any atom is 0.243 e. The lowest BCUT2D eigenvalue weighted by Crippen LogP contribution is -2.58. The van der Waals surface area contributed by atoms with Gasteiger partial charge < -0.3 is 14.5 Å². The van der Waals surface area contributed by atoms with Gasteiger partial charge in [-0.05, 0) is 25.0 Å². The van der Waals surface area contributed by atoms with Crippen molar-refractivity contribution >= 4 is 21.8 Å². The predicted molar refractivity (Wildman–Crippen MR) is 118 cm³/mol. The van der Waals surface area contributed by atoms with Gasteiger partial charge in [-0.25, -0.2) is 8.42 Å². The van der Waals surface area contributed by atoms with E-state index in [0.717, 1.165) is 25.9 Å². The summed E-state index contributed by atoms with van der Waals surface area (Å²) >= 11 is 0. The van der Waals surface area contributed by atoms with Crippen LogP contribution in [-0.2, 0) is 24.3 Å². The third-order valence-corrected chi connectivity index (χ3v) is 8.42. The maximum atomic E-state index is 13.3. The highest BCUT2D eigenvalue weighted by molar-refractivity contribution is 7.89. The Labute approximate surface area is 189 Å². The van der Waals surface area contributed by atoms with Crippen molar-refractivity contribution in [1.82, 2.24) is 19.0 Å². The van der Waals surface area contributed by atoms with E-state index in [-0.39, 0.29) is 16.7 Å². The quantitative estimate of drug-likeness (QED) is 0.620. The zero-order valence-electron chi connectivity index (χ0n) is 18.4. The molecular formula is C22H32N4O5S. The number of carbonyl (C=O) groups excluding carboxylic acids is 2. The molecule has 176 valence electrons. The molecule has 0 N–H and O–H groups in total. The van der Waals surface area contributed by atoms with Crippen LogP contribution in [0.2, 0.25) is 0 Å². The molecule has 1 unspecified atom stereocenters. The summed E-state index contributed by atoms with van der Waals surface area (Å²) in [7, 11) is -3.73. The van der Waals surface area contributed by atoms with E-state index in [1.165, 1.54) is 4.31 Å². The minimum absolute atomic E-state index is 0.0740. The summed E-state index contributed by atoms with van der Waals surface area (Å²) in [6, 6.07) is 7.64. The molecule has 0 saturated carbocycles. The van der Waals surface area contributed by atoms with E-state index >= 15 is 0 Å². The second kappa shape index (κ2) is 10.3. The van der Waals surface area contributed by atoms with Gasteiger partial charge in [-0.15, -0.1) is 0 Å². The van der Waals surface area contributed by atoms with Gasteiger partial charge in [0.1, 0.15) is 6.04 Å². The van der Waals surface area contributed by atoms with Crippen molar-refractivity contribution < 1.29 is 22.7 Å². The summed E-state index contributed by atoms with van der Waals surface area (Å²) in [5, 5.41) is 0. The van der Waals surface area contributed by atoms with Crippen molar-refractivity contribution in [2.45, 2.75) is 30.2 Å². The molecule has 3 saturated heterocycles. The van der Waals surface area contributed by atoms with Gasteiger partial charge in [-0.1, -0.05) is 24.6 Å². The highest BCUT2D eigenvalue weighted by Crippen LogP contribution is 2.27. The first-order valence-electron chi connectivity index (χ1n) is 11.4. The lowest BCUT2D eigenvalue weighted by atomic mass is 10.0. The number of ether oxygens (including phenoxy) is 1. The van der Waals surface area contributed by atoms with Gasteiger partial charge in [0.05, 0.1) is 24.7 Å². The highest BCUT2D eigenvalue weighted by atomic mass is 32.2. The van der Waals surface area contributed by atoms with Crippen molar-refractivity contribution in [2.75, 3.05) is 65.6 Å². The van der Waals surface area contributed by atoms with Crippen molar-refractivity contribution in [3.8, 4) is 0 Å². The Morgan fingerprint density at radius 1 is 0.875 bits per heavy atom. The molecule has 9 nitrogen and oxygen atoms in total. The maximum absolute atomic E-state index is 13.3. The fraction of sp³-hybridized carbons (Fsp3) is 0.636. The molecule has 0 bridgehead atoms. The van der Waals surface area contributed by atoms with Crippen LogP contribution in [0.4, 0.5) is 0 Å². The Morgan fingerprint density at radius 3 is 2.22 bits per heavy atom. The molecule has 32 heavy (non-hydrogen) atoms. The average molecular weight is 465 g/mol. The summed E-state index contributed by atoms with van der Waals surface area (Å²) in [5.74, 6) is -0.0746. The minimum Gasteiger partial charge on any atom is -0.379 e. The third-order valence-electron chi connectivity index (χ3n) is 6.50. The number of piperazine rings is 1. The monoisotopic (exact) mass is 464 g/mol. The Morgan fingerprint density at radius 2 is 1.53 bits per heavy atom. The van der Waals surface area contributed by atoms with Crippen LogP contribution in [0.1, 0.15) is 19.3 Å². The van der Waals surface area contributed by atoms with Gasteiger partial charge in [0.2, 0.25) is 21.8 Å². The molecule has 1 aromatic rings. The second-order valence-corrected chi connectivity index (χ2v) is 10.4. The number of rotatable bonds is 5. The van der Waals surface area contributed by atoms with Crippen molar-refractivity contribution in [1.29, 1.82) is 0 Å². The van der Waals surface area contributed by atoms with Crippen LogP contribution in [0.15, 0.2) is 35.2 Å². The molecule has 2 amide bonds. The predicted octanol–water partition coefficient (Wildman–Crippen LogP) is 0.233. The highest BCUT2D eigenvalue weighted by Gasteiger charge is 2.40. The van der Waals surface area contributed by atoms with Gasteiger partial charge in [0.25, 0.3) is 0 Å².